The molecule has 220 valence electrons. The molecule has 1 amide bonds. The zero-order valence-electron chi connectivity index (χ0n) is 21.7. The molecule has 1 saturated heterocycles. The fourth-order valence-electron chi connectivity index (χ4n) is 4.69. The van der Waals surface area contributed by atoms with Crippen molar-refractivity contribution in [3.63, 3.8) is 0 Å². The van der Waals surface area contributed by atoms with Gasteiger partial charge in [0, 0.05) is 25.8 Å². The Hall–Kier alpha value is -3.66. The van der Waals surface area contributed by atoms with E-state index in [9.17, 15) is 30.8 Å². The fourth-order valence-corrected chi connectivity index (χ4v) is 5.70. The van der Waals surface area contributed by atoms with Crippen LogP contribution in [0.25, 0.3) is 5.78 Å². The van der Waals surface area contributed by atoms with Crippen molar-refractivity contribution in [2.75, 3.05) is 36.1 Å². The Morgan fingerprint density at radius 1 is 1.12 bits per heavy atom. The zero-order valence-corrected chi connectivity index (χ0v) is 23.3. The topological polar surface area (TPSA) is 116 Å². The summed E-state index contributed by atoms with van der Waals surface area (Å²) in [4.78, 5) is 24.4. The van der Waals surface area contributed by atoms with E-state index in [2.05, 4.69) is 25.3 Å². The highest BCUT2D eigenvalue weighted by Crippen LogP contribution is 2.30. The minimum absolute atomic E-state index is 0.0414. The number of hydrogen-bond acceptors (Lipinski definition) is 8. The summed E-state index contributed by atoms with van der Waals surface area (Å²) in [5, 5.41) is 7.86. The summed E-state index contributed by atoms with van der Waals surface area (Å²) in [6, 6.07) is 4.01. The van der Waals surface area contributed by atoms with Gasteiger partial charge in [0.05, 0.1) is 29.5 Å². The smallest absolute Gasteiger partial charge is 0.355 e. The van der Waals surface area contributed by atoms with E-state index in [0.717, 1.165) is 37.0 Å². The van der Waals surface area contributed by atoms with Crippen LogP contribution in [-0.2, 0) is 23.0 Å². The number of fused-ring (bicyclic) bond motifs is 1. The third kappa shape index (κ3) is 5.49. The van der Waals surface area contributed by atoms with Crippen molar-refractivity contribution in [2.24, 2.45) is 5.10 Å². The van der Waals surface area contributed by atoms with Crippen LogP contribution in [0.1, 0.15) is 41.5 Å². The first-order chi connectivity index (χ1) is 19.4. The van der Waals surface area contributed by atoms with Crippen LogP contribution in [0.4, 0.5) is 29.1 Å². The minimum atomic E-state index is -5.58. The lowest BCUT2D eigenvalue weighted by atomic mass is 10.1. The van der Waals surface area contributed by atoms with Crippen molar-refractivity contribution in [3.05, 3.63) is 52.2 Å². The van der Waals surface area contributed by atoms with Crippen LogP contribution in [0.2, 0.25) is 5.02 Å². The molecular weight excluding hydrogens is 592 g/mol. The molecule has 5 rings (SSSR count). The molecule has 41 heavy (non-hydrogen) atoms. The number of imidazole rings is 1. The Morgan fingerprint density at radius 3 is 2.46 bits per heavy atom. The number of hydrogen-bond donors (Lipinski definition) is 1. The summed E-state index contributed by atoms with van der Waals surface area (Å²) >= 11 is 6.51. The number of aryl methyl sites for hydroxylation is 1. The molecule has 11 nitrogen and oxygen atoms in total. The second-order valence-electron chi connectivity index (χ2n) is 9.42. The van der Waals surface area contributed by atoms with Crippen LogP contribution in [0, 0.1) is 5.82 Å². The third-order valence-electron chi connectivity index (χ3n) is 6.78. The van der Waals surface area contributed by atoms with Gasteiger partial charge < -0.3 is 10.2 Å². The maximum absolute atomic E-state index is 14.9. The zero-order chi connectivity index (χ0) is 29.5. The summed E-state index contributed by atoms with van der Waals surface area (Å²) in [5.74, 6) is -0.246. The number of rotatable bonds is 7. The summed E-state index contributed by atoms with van der Waals surface area (Å²) in [5.41, 5.74) is -4.34. The van der Waals surface area contributed by atoms with Crippen molar-refractivity contribution >= 4 is 51.2 Å². The second kappa shape index (κ2) is 11.0. The molecule has 2 aliphatic heterocycles. The van der Waals surface area contributed by atoms with Gasteiger partial charge in [-0.25, -0.2) is 13.7 Å². The third-order valence-corrected chi connectivity index (χ3v) is 8.52. The van der Waals surface area contributed by atoms with Gasteiger partial charge in [0.25, 0.3) is 5.91 Å². The number of carbonyl (C=O) groups is 1. The van der Waals surface area contributed by atoms with Crippen LogP contribution in [0.15, 0.2) is 29.5 Å². The summed E-state index contributed by atoms with van der Waals surface area (Å²) in [6.07, 6.45) is 4.67. The molecular formula is C24H25ClF4N8O3S. The first kappa shape index (κ1) is 28.9. The number of hydrazone groups is 1. The molecule has 0 bridgehead atoms. The maximum atomic E-state index is 14.9. The Bertz CT molecular complexity index is 1620. The minimum Gasteiger partial charge on any atom is -0.355 e. The van der Waals surface area contributed by atoms with Crippen molar-refractivity contribution < 1.29 is 30.8 Å². The van der Waals surface area contributed by atoms with Crippen molar-refractivity contribution in [1.29, 1.82) is 0 Å². The lowest BCUT2D eigenvalue weighted by molar-refractivity contribution is -0.0471. The van der Waals surface area contributed by atoms with Crippen LogP contribution in [0.5, 0.6) is 0 Å². The fraction of sp³-hybridized carbons (Fsp3) is 0.417. The molecule has 1 N–H and O–H groups in total. The Labute approximate surface area is 237 Å². The van der Waals surface area contributed by atoms with E-state index in [1.165, 1.54) is 16.5 Å². The van der Waals surface area contributed by atoms with Crippen molar-refractivity contribution in [3.8, 4) is 0 Å². The van der Waals surface area contributed by atoms with E-state index in [-0.39, 0.29) is 28.8 Å². The predicted molar refractivity (Wildman–Crippen MR) is 144 cm³/mol. The lowest BCUT2D eigenvalue weighted by Crippen LogP contribution is -2.46. The van der Waals surface area contributed by atoms with Gasteiger partial charge in [-0.1, -0.05) is 24.6 Å². The van der Waals surface area contributed by atoms with Gasteiger partial charge in [0.2, 0.25) is 5.78 Å². The highest BCUT2D eigenvalue weighted by Gasteiger charge is 2.50. The van der Waals surface area contributed by atoms with Crippen LogP contribution in [-0.4, -0.2) is 71.0 Å². The normalized spacial score (nSPS) is 16.2. The number of nitrogens with one attached hydrogen (secondary N) is 1. The van der Waals surface area contributed by atoms with Crippen LogP contribution < -0.4 is 15.2 Å². The Balaban J connectivity index is 1.29. The van der Waals surface area contributed by atoms with E-state index in [0.29, 0.717) is 40.6 Å². The molecule has 0 spiro atoms. The molecule has 3 aromatic rings. The van der Waals surface area contributed by atoms with Gasteiger partial charge in [-0.15, -0.1) is 0 Å². The molecule has 1 fully saturated rings. The molecule has 17 heteroatoms. The second-order valence-corrected chi connectivity index (χ2v) is 11.7. The van der Waals surface area contributed by atoms with Gasteiger partial charge >= 0.3 is 15.5 Å². The van der Waals surface area contributed by atoms with Crippen LogP contribution in [0.3, 0.4) is 0 Å². The van der Waals surface area contributed by atoms with E-state index < -0.39 is 33.8 Å². The first-order valence-corrected chi connectivity index (χ1v) is 14.5. The number of amides is 1. The van der Waals surface area contributed by atoms with Gasteiger partial charge in [-0.3, -0.25) is 14.2 Å². The highest BCUT2D eigenvalue weighted by molar-refractivity contribution is 7.90. The number of sulfonamides is 1. The number of alkyl halides is 3. The lowest BCUT2D eigenvalue weighted by Gasteiger charge is -2.29. The van der Waals surface area contributed by atoms with E-state index in [1.54, 1.807) is 6.20 Å². The Morgan fingerprint density at radius 2 is 1.85 bits per heavy atom. The molecule has 0 radical (unpaired) electrons. The summed E-state index contributed by atoms with van der Waals surface area (Å²) < 4.78 is 77.9. The standard InChI is InChI=1S/C24H25ClF4N8O3S/c1-2-18-20(36-13-16(25)21(33-23(36)32-18)34-7-3-4-8-34)22(38)30-12-15-5-6-19(17(26)11-15)37-10-9-35(14-31-37)41(39,40)24(27,28)29/h5-6,11,13-14H,2-4,7-10,12H2,1H3,(H,30,38). The quantitative estimate of drug-likeness (QED) is 0.404. The first-order valence-electron chi connectivity index (χ1n) is 12.7. The molecule has 0 aliphatic carbocycles. The number of aromatic nitrogens is 3. The number of carbonyl (C=O) groups excluding carboxylic acids is 1. The van der Waals surface area contributed by atoms with E-state index in [4.69, 9.17) is 11.6 Å². The number of anilines is 2. The van der Waals surface area contributed by atoms with Crippen molar-refractivity contribution in [1.82, 2.24) is 24.0 Å². The average Bonchev–Trinajstić information content (AvgIpc) is 3.59. The monoisotopic (exact) mass is 616 g/mol. The van der Waals surface area contributed by atoms with Crippen molar-refractivity contribution in [2.45, 2.75) is 38.2 Å². The molecule has 4 heterocycles. The average molecular weight is 617 g/mol. The number of halogens is 5. The van der Waals surface area contributed by atoms with Gasteiger partial charge in [0.15, 0.2) is 5.82 Å². The molecule has 2 aromatic heterocycles. The number of nitrogens with zero attached hydrogens (tertiary/aromatic N) is 7. The van der Waals surface area contributed by atoms with Gasteiger partial charge in [-0.05, 0) is 37.0 Å². The molecule has 0 atom stereocenters. The highest BCUT2D eigenvalue weighted by atomic mass is 35.5. The summed E-state index contributed by atoms with van der Waals surface area (Å²) in [7, 11) is -5.58. The van der Waals surface area contributed by atoms with E-state index in [1.807, 2.05) is 6.92 Å². The Kier molecular flexibility index (Phi) is 7.72. The molecule has 0 unspecified atom stereocenters. The number of benzene rings is 1. The molecule has 0 saturated carbocycles. The molecule has 2 aliphatic rings. The SMILES string of the molecule is CCc1nc2nc(N3CCCC3)c(Cl)cn2c1C(=O)NCc1ccc(N2CCN(S(=O)(=O)C(F)(F)F)C=N2)c(F)c1. The van der Waals surface area contributed by atoms with Crippen LogP contribution >= 0.6 is 11.6 Å². The van der Waals surface area contributed by atoms with E-state index >= 15 is 0 Å². The van der Waals surface area contributed by atoms with Gasteiger partial charge in [-0.2, -0.15) is 31.7 Å². The maximum Gasteiger partial charge on any atom is 0.516 e. The largest absolute Gasteiger partial charge is 0.516 e. The van der Waals surface area contributed by atoms with Gasteiger partial charge in [0.1, 0.15) is 17.8 Å². The molecule has 1 aromatic carbocycles. The predicted octanol–water partition coefficient (Wildman–Crippen LogP) is 3.53. The summed E-state index contributed by atoms with van der Waals surface area (Å²) in [6.45, 7) is 2.63.